The molecule has 0 amide bonds. The molecule has 2 heteroatoms. The molecule has 0 bridgehead atoms. The van der Waals surface area contributed by atoms with Crippen molar-refractivity contribution >= 4 is 0 Å². The van der Waals surface area contributed by atoms with Gasteiger partial charge in [-0.05, 0) is 30.9 Å². The zero-order chi connectivity index (χ0) is 11.8. The Morgan fingerprint density at radius 3 is 2.56 bits per heavy atom. The molecule has 1 fully saturated rings. The van der Waals surface area contributed by atoms with E-state index in [1.165, 1.54) is 18.4 Å². The lowest BCUT2D eigenvalue weighted by molar-refractivity contribution is 0.292. The third-order valence-electron chi connectivity index (χ3n) is 2.85. The monoisotopic (exact) mass is 219 g/mol. The van der Waals surface area contributed by atoms with Gasteiger partial charge in [0.25, 0.3) is 0 Å². The smallest absolute Gasteiger partial charge is 0.142 e. The van der Waals surface area contributed by atoms with Crippen LogP contribution in [0.4, 0.5) is 0 Å². The number of aryl methyl sites for hydroxylation is 1. The third-order valence-corrected chi connectivity index (χ3v) is 2.85. The Kier molecular flexibility index (Phi) is 2.92. The van der Waals surface area contributed by atoms with Gasteiger partial charge >= 0.3 is 0 Å². The topological polar surface area (TPSA) is 22.1 Å². The molecule has 1 aromatic rings. The van der Waals surface area contributed by atoms with Gasteiger partial charge in [0, 0.05) is 11.6 Å². The lowest BCUT2D eigenvalue weighted by atomic mass is 9.90. The fourth-order valence-electron chi connectivity index (χ4n) is 1.70. The van der Waals surface area contributed by atoms with E-state index in [-0.39, 0.29) is 5.41 Å². The largest absolute Gasteiger partial charge is 0.488 e. The standard InChI is InChI=1S/C14H21NO/c1-5-10-8-12(16-11-6-7-11)13(15-9-10)14(2,3)4/h8-9,11H,5-7H2,1-4H3. The summed E-state index contributed by atoms with van der Waals surface area (Å²) in [7, 11) is 0. The van der Waals surface area contributed by atoms with Crippen LogP contribution in [0.1, 0.15) is 51.8 Å². The van der Waals surface area contributed by atoms with Crippen LogP contribution in [0, 0.1) is 0 Å². The first-order chi connectivity index (χ1) is 7.50. The highest BCUT2D eigenvalue weighted by molar-refractivity contribution is 5.36. The van der Waals surface area contributed by atoms with Crippen LogP contribution in [-0.4, -0.2) is 11.1 Å². The molecule has 0 N–H and O–H groups in total. The van der Waals surface area contributed by atoms with Crippen molar-refractivity contribution in [1.29, 1.82) is 0 Å². The Labute approximate surface area is 98.0 Å². The molecule has 0 aliphatic heterocycles. The molecule has 0 radical (unpaired) electrons. The number of ether oxygens (including phenoxy) is 1. The predicted molar refractivity (Wildman–Crippen MR) is 66.0 cm³/mol. The van der Waals surface area contributed by atoms with Gasteiger partial charge in [0.2, 0.25) is 0 Å². The van der Waals surface area contributed by atoms with Gasteiger partial charge in [-0.25, -0.2) is 0 Å². The van der Waals surface area contributed by atoms with Crippen molar-refractivity contribution < 1.29 is 4.74 Å². The van der Waals surface area contributed by atoms with Crippen LogP contribution >= 0.6 is 0 Å². The number of hydrogen-bond donors (Lipinski definition) is 0. The fraction of sp³-hybridized carbons (Fsp3) is 0.643. The van der Waals surface area contributed by atoms with Crippen LogP contribution in [0.15, 0.2) is 12.3 Å². The second kappa shape index (κ2) is 4.08. The molecule has 2 nitrogen and oxygen atoms in total. The minimum Gasteiger partial charge on any atom is -0.488 e. The van der Waals surface area contributed by atoms with Crippen LogP contribution in [0.2, 0.25) is 0 Å². The van der Waals surface area contributed by atoms with Crippen LogP contribution in [-0.2, 0) is 11.8 Å². The maximum absolute atomic E-state index is 5.96. The zero-order valence-corrected chi connectivity index (χ0v) is 10.7. The van der Waals surface area contributed by atoms with Crippen molar-refractivity contribution in [3.8, 4) is 5.75 Å². The van der Waals surface area contributed by atoms with Gasteiger partial charge < -0.3 is 4.74 Å². The molecule has 1 aliphatic rings. The summed E-state index contributed by atoms with van der Waals surface area (Å²) in [6.45, 7) is 8.69. The van der Waals surface area contributed by atoms with Crippen LogP contribution in [0.5, 0.6) is 5.75 Å². The van der Waals surface area contributed by atoms with Gasteiger partial charge in [-0.2, -0.15) is 0 Å². The molecule has 0 atom stereocenters. The minimum absolute atomic E-state index is 0.0521. The summed E-state index contributed by atoms with van der Waals surface area (Å²) in [6.07, 6.45) is 5.81. The maximum atomic E-state index is 5.96. The van der Waals surface area contributed by atoms with E-state index in [1.807, 2.05) is 6.20 Å². The number of pyridine rings is 1. The van der Waals surface area contributed by atoms with E-state index in [1.54, 1.807) is 0 Å². The van der Waals surface area contributed by atoms with Crippen molar-refractivity contribution in [2.45, 2.75) is 58.5 Å². The lowest BCUT2D eigenvalue weighted by Gasteiger charge is -2.22. The van der Waals surface area contributed by atoms with E-state index in [0.29, 0.717) is 6.10 Å². The summed E-state index contributed by atoms with van der Waals surface area (Å²) >= 11 is 0. The van der Waals surface area contributed by atoms with E-state index in [4.69, 9.17) is 4.74 Å². The minimum atomic E-state index is 0.0521. The van der Waals surface area contributed by atoms with Crippen molar-refractivity contribution in [3.05, 3.63) is 23.5 Å². The van der Waals surface area contributed by atoms with E-state index in [2.05, 4.69) is 38.7 Å². The highest BCUT2D eigenvalue weighted by atomic mass is 16.5. The Bertz CT molecular complexity index is 375. The molecular weight excluding hydrogens is 198 g/mol. The van der Waals surface area contributed by atoms with Gasteiger partial charge in [0.1, 0.15) is 5.75 Å². The number of rotatable bonds is 3. The first-order valence-corrected chi connectivity index (χ1v) is 6.16. The summed E-state index contributed by atoms with van der Waals surface area (Å²) in [5.74, 6) is 0.995. The normalized spacial score (nSPS) is 16.2. The number of hydrogen-bond acceptors (Lipinski definition) is 2. The molecule has 0 unspecified atom stereocenters. The predicted octanol–water partition coefficient (Wildman–Crippen LogP) is 3.48. The molecule has 1 saturated carbocycles. The van der Waals surface area contributed by atoms with Crippen molar-refractivity contribution in [2.24, 2.45) is 0 Å². The quantitative estimate of drug-likeness (QED) is 0.776. The lowest BCUT2D eigenvalue weighted by Crippen LogP contribution is -2.16. The highest BCUT2D eigenvalue weighted by Gasteiger charge is 2.28. The Morgan fingerprint density at radius 1 is 1.38 bits per heavy atom. The van der Waals surface area contributed by atoms with E-state index in [9.17, 15) is 0 Å². The van der Waals surface area contributed by atoms with Gasteiger partial charge in [0.05, 0.1) is 11.8 Å². The van der Waals surface area contributed by atoms with Gasteiger partial charge in [-0.3, -0.25) is 4.98 Å². The second-order valence-electron chi connectivity index (χ2n) is 5.61. The summed E-state index contributed by atoms with van der Waals surface area (Å²) in [6, 6.07) is 2.16. The van der Waals surface area contributed by atoms with Crippen LogP contribution in [0.3, 0.4) is 0 Å². The molecule has 1 heterocycles. The van der Waals surface area contributed by atoms with Gasteiger partial charge in [0.15, 0.2) is 0 Å². The zero-order valence-electron chi connectivity index (χ0n) is 10.7. The summed E-state index contributed by atoms with van der Waals surface area (Å²) in [4.78, 5) is 4.58. The molecule has 0 aromatic carbocycles. The fourth-order valence-corrected chi connectivity index (χ4v) is 1.70. The molecule has 88 valence electrons. The molecule has 16 heavy (non-hydrogen) atoms. The second-order valence-corrected chi connectivity index (χ2v) is 5.61. The average molecular weight is 219 g/mol. The molecule has 0 spiro atoms. The first kappa shape index (κ1) is 11.4. The van der Waals surface area contributed by atoms with Crippen LogP contribution in [0.25, 0.3) is 0 Å². The van der Waals surface area contributed by atoms with Gasteiger partial charge in [-0.1, -0.05) is 27.7 Å². The number of aromatic nitrogens is 1. The van der Waals surface area contributed by atoms with Gasteiger partial charge in [-0.15, -0.1) is 0 Å². The maximum Gasteiger partial charge on any atom is 0.142 e. The molecule has 0 saturated heterocycles. The summed E-state index contributed by atoms with van der Waals surface area (Å²) < 4.78 is 5.96. The summed E-state index contributed by atoms with van der Waals surface area (Å²) in [5, 5.41) is 0. The number of nitrogens with zero attached hydrogens (tertiary/aromatic N) is 1. The Balaban J connectivity index is 2.33. The van der Waals surface area contributed by atoms with Crippen molar-refractivity contribution in [1.82, 2.24) is 4.98 Å². The molecule has 2 rings (SSSR count). The average Bonchev–Trinajstić information content (AvgIpc) is 3.00. The van der Waals surface area contributed by atoms with E-state index in [0.717, 1.165) is 17.9 Å². The Morgan fingerprint density at radius 2 is 2.06 bits per heavy atom. The van der Waals surface area contributed by atoms with Crippen molar-refractivity contribution in [2.75, 3.05) is 0 Å². The third kappa shape index (κ3) is 2.55. The van der Waals surface area contributed by atoms with E-state index >= 15 is 0 Å². The molecular formula is C14H21NO. The highest BCUT2D eigenvalue weighted by Crippen LogP contribution is 2.34. The van der Waals surface area contributed by atoms with E-state index < -0.39 is 0 Å². The first-order valence-electron chi connectivity index (χ1n) is 6.16. The molecule has 1 aromatic heterocycles. The SMILES string of the molecule is CCc1cnc(C(C)(C)C)c(OC2CC2)c1. The molecule has 1 aliphatic carbocycles. The summed E-state index contributed by atoms with van der Waals surface area (Å²) in [5.41, 5.74) is 2.39. The van der Waals surface area contributed by atoms with Crippen LogP contribution < -0.4 is 4.74 Å². The van der Waals surface area contributed by atoms with Crippen molar-refractivity contribution in [3.63, 3.8) is 0 Å². The Hall–Kier alpha value is -1.05.